The summed E-state index contributed by atoms with van der Waals surface area (Å²) in [5.74, 6) is 0.121. The zero-order valence-corrected chi connectivity index (χ0v) is 8.62. The fourth-order valence-corrected chi connectivity index (χ4v) is 1.39. The molecule has 0 spiro atoms. The Morgan fingerprint density at radius 3 is 2.86 bits per heavy atom. The van der Waals surface area contributed by atoms with Crippen LogP contribution in [0.2, 0.25) is 0 Å². The predicted octanol–water partition coefficient (Wildman–Crippen LogP) is 1.59. The minimum atomic E-state index is -0.341. The summed E-state index contributed by atoms with van der Waals surface area (Å²) in [4.78, 5) is 23.7. The van der Waals surface area contributed by atoms with Gasteiger partial charge in [0.25, 0.3) is 0 Å². The number of hydrogen-bond donors (Lipinski definition) is 0. The highest BCUT2D eigenvalue weighted by Crippen LogP contribution is 2.06. The van der Waals surface area contributed by atoms with Gasteiger partial charge in [0.15, 0.2) is 5.78 Å². The average Bonchev–Trinajstić information content (AvgIpc) is 2.59. The summed E-state index contributed by atoms with van der Waals surface area (Å²) in [6.45, 7) is 3.32. The summed E-state index contributed by atoms with van der Waals surface area (Å²) < 4.78 is 5.01. The van der Waals surface area contributed by atoms with Crippen molar-refractivity contribution in [3.05, 3.63) is 0 Å². The smallest absolute Gasteiger partial charge is 0.410 e. The highest BCUT2D eigenvalue weighted by Gasteiger charge is 2.24. The third-order valence-corrected chi connectivity index (χ3v) is 2.26. The molecule has 0 aliphatic carbocycles. The first kappa shape index (κ1) is 11.0. The van der Waals surface area contributed by atoms with Crippen LogP contribution in [0.3, 0.4) is 0 Å². The van der Waals surface area contributed by atoms with Crippen LogP contribution in [0.5, 0.6) is 0 Å². The molecule has 0 unspecified atom stereocenters. The van der Waals surface area contributed by atoms with E-state index < -0.39 is 0 Å². The van der Waals surface area contributed by atoms with E-state index in [1.54, 1.807) is 0 Å². The van der Waals surface area contributed by atoms with E-state index >= 15 is 0 Å². The number of unbranched alkanes of at least 4 members (excludes halogenated alkanes) is 2. The average molecular weight is 199 g/mol. The summed E-state index contributed by atoms with van der Waals surface area (Å²) in [7, 11) is 0. The second-order valence-electron chi connectivity index (χ2n) is 3.53. The van der Waals surface area contributed by atoms with Gasteiger partial charge in [-0.1, -0.05) is 19.8 Å². The van der Waals surface area contributed by atoms with E-state index in [-0.39, 0.29) is 18.4 Å². The van der Waals surface area contributed by atoms with Crippen LogP contribution in [0.15, 0.2) is 0 Å². The first-order valence-electron chi connectivity index (χ1n) is 5.17. The standard InChI is InChI=1S/C10H17NO3/c1-2-3-4-7-14-10(13)11-6-5-9(12)8-11/h2-8H2,1H3. The molecule has 1 amide bonds. The van der Waals surface area contributed by atoms with Crippen LogP contribution >= 0.6 is 0 Å². The molecule has 0 bridgehead atoms. The van der Waals surface area contributed by atoms with Crippen LogP contribution in [0.25, 0.3) is 0 Å². The fraction of sp³-hybridized carbons (Fsp3) is 0.800. The molecular formula is C10H17NO3. The molecule has 0 aromatic heterocycles. The number of carbonyl (C=O) groups excluding carboxylic acids is 2. The maximum absolute atomic E-state index is 11.3. The number of carbonyl (C=O) groups is 2. The van der Waals surface area contributed by atoms with E-state index in [9.17, 15) is 9.59 Å². The normalized spacial score (nSPS) is 16.1. The van der Waals surface area contributed by atoms with Crippen LogP contribution in [-0.4, -0.2) is 36.5 Å². The molecule has 1 aliphatic rings. The fourth-order valence-electron chi connectivity index (χ4n) is 1.39. The Morgan fingerprint density at radius 1 is 1.50 bits per heavy atom. The summed E-state index contributed by atoms with van der Waals surface area (Å²) in [5, 5.41) is 0. The van der Waals surface area contributed by atoms with Gasteiger partial charge in [-0.15, -0.1) is 0 Å². The molecule has 14 heavy (non-hydrogen) atoms. The Hall–Kier alpha value is -1.06. The van der Waals surface area contributed by atoms with Crippen LogP contribution < -0.4 is 0 Å². The van der Waals surface area contributed by atoms with Crippen LogP contribution in [-0.2, 0) is 9.53 Å². The topological polar surface area (TPSA) is 46.6 Å². The van der Waals surface area contributed by atoms with Crippen molar-refractivity contribution in [3.63, 3.8) is 0 Å². The lowest BCUT2D eigenvalue weighted by Gasteiger charge is -2.13. The maximum atomic E-state index is 11.3. The Labute approximate surface area is 84.2 Å². The lowest BCUT2D eigenvalue weighted by molar-refractivity contribution is -0.116. The van der Waals surface area contributed by atoms with Gasteiger partial charge in [-0.25, -0.2) is 4.79 Å². The first-order chi connectivity index (χ1) is 6.74. The third kappa shape index (κ3) is 3.36. The van der Waals surface area contributed by atoms with Gasteiger partial charge >= 0.3 is 6.09 Å². The molecule has 0 aromatic rings. The summed E-state index contributed by atoms with van der Waals surface area (Å²) in [6, 6.07) is 0. The largest absolute Gasteiger partial charge is 0.449 e. The lowest BCUT2D eigenvalue weighted by Crippen LogP contribution is -2.29. The van der Waals surface area contributed by atoms with Crippen molar-refractivity contribution in [2.75, 3.05) is 19.7 Å². The van der Waals surface area contributed by atoms with Crippen LogP contribution in [0.1, 0.15) is 32.6 Å². The predicted molar refractivity (Wildman–Crippen MR) is 52.1 cm³/mol. The van der Waals surface area contributed by atoms with Gasteiger partial charge in [-0.05, 0) is 6.42 Å². The van der Waals surface area contributed by atoms with Crippen molar-refractivity contribution in [1.29, 1.82) is 0 Å². The number of ether oxygens (including phenoxy) is 1. The molecule has 1 fully saturated rings. The van der Waals surface area contributed by atoms with Crippen molar-refractivity contribution >= 4 is 11.9 Å². The van der Waals surface area contributed by atoms with E-state index in [0.717, 1.165) is 19.3 Å². The molecule has 1 heterocycles. The van der Waals surface area contributed by atoms with Gasteiger partial charge in [0.05, 0.1) is 13.2 Å². The van der Waals surface area contributed by atoms with E-state index in [2.05, 4.69) is 6.92 Å². The van der Waals surface area contributed by atoms with Gasteiger partial charge in [-0.3, -0.25) is 4.79 Å². The Kier molecular flexibility index (Phi) is 4.43. The first-order valence-corrected chi connectivity index (χ1v) is 5.17. The van der Waals surface area contributed by atoms with Crippen molar-refractivity contribution in [3.8, 4) is 0 Å². The molecule has 1 saturated heterocycles. The Morgan fingerprint density at radius 2 is 2.29 bits per heavy atom. The van der Waals surface area contributed by atoms with E-state index in [4.69, 9.17) is 4.74 Å². The monoisotopic (exact) mass is 199 g/mol. The van der Waals surface area contributed by atoms with Crippen molar-refractivity contribution in [1.82, 2.24) is 4.90 Å². The van der Waals surface area contributed by atoms with Gasteiger partial charge in [0, 0.05) is 13.0 Å². The molecule has 0 aromatic carbocycles. The van der Waals surface area contributed by atoms with E-state index in [1.807, 2.05) is 0 Å². The molecule has 1 rings (SSSR count). The highest BCUT2D eigenvalue weighted by atomic mass is 16.6. The molecule has 0 radical (unpaired) electrons. The van der Waals surface area contributed by atoms with Crippen molar-refractivity contribution in [2.24, 2.45) is 0 Å². The molecule has 4 nitrogen and oxygen atoms in total. The number of Topliss-reactive ketones (excluding diaryl/α,β-unsaturated/α-hetero) is 1. The second-order valence-corrected chi connectivity index (χ2v) is 3.53. The van der Waals surface area contributed by atoms with Gasteiger partial charge in [-0.2, -0.15) is 0 Å². The minimum absolute atomic E-state index is 0.121. The number of rotatable bonds is 4. The van der Waals surface area contributed by atoms with E-state index in [1.165, 1.54) is 4.90 Å². The number of hydrogen-bond acceptors (Lipinski definition) is 3. The molecule has 0 N–H and O–H groups in total. The van der Waals surface area contributed by atoms with E-state index in [0.29, 0.717) is 19.6 Å². The number of ketones is 1. The Bertz CT molecular complexity index is 215. The van der Waals surface area contributed by atoms with Gasteiger partial charge < -0.3 is 9.64 Å². The third-order valence-electron chi connectivity index (χ3n) is 2.26. The lowest BCUT2D eigenvalue weighted by atomic mass is 10.3. The van der Waals surface area contributed by atoms with Gasteiger partial charge in [0.1, 0.15) is 0 Å². The molecule has 0 atom stereocenters. The summed E-state index contributed by atoms with van der Waals surface area (Å²) in [5.41, 5.74) is 0. The zero-order chi connectivity index (χ0) is 10.4. The highest BCUT2D eigenvalue weighted by molar-refractivity contribution is 5.87. The molecular weight excluding hydrogens is 182 g/mol. The second kappa shape index (κ2) is 5.62. The van der Waals surface area contributed by atoms with Crippen molar-refractivity contribution < 1.29 is 14.3 Å². The number of amides is 1. The number of likely N-dealkylation sites (tertiary alicyclic amines) is 1. The number of nitrogens with zero attached hydrogens (tertiary/aromatic N) is 1. The zero-order valence-electron chi connectivity index (χ0n) is 8.62. The maximum Gasteiger partial charge on any atom is 0.410 e. The Balaban J connectivity index is 2.12. The van der Waals surface area contributed by atoms with Crippen LogP contribution in [0.4, 0.5) is 4.79 Å². The van der Waals surface area contributed by atoms with Crippen LogP contribution in [0, 0.1) is 0 Å². The molecule has 1 aliphatic heterocycles. The molecule has 4 heteroatoms. The SMILES string of the molecule is CCCCCOC(=O)N1CCC(=O)C1. The quantitative estimate of drug-likeness (QED) is 0.646. The van der Waals surface area contributed by atoms with Gasteiger partial charge in [0.2, 0.25) is 0 Å². The van der Waals surface area contributed by atoms with Crippen molar-refractivity contribution in [2.45, 2.75) is 32.6 Å². The molecule has 0 saturated carbocycles. The summed E-state index contributed by atoms with van der Waals surface area (Å²) >= 11 is 0. The summed E-state index contributed by atoms with van der Waals surface area (Å²) in [6.07, 6.45) is 3.23. The molecule has 80 valence electrons. The minimum Gasteiger partial charge on any atom is -0.449 e.